The highest BCUT2D eigenvalue weighted by molar-refractivity contribution is 5.92. The molecule has 0 saturated carbocycles. The Morgan fingerprint density at radius 2 is 1.76 bits per heavy atom. The maximum absolute atomic E-state index is 10.7. The Bertz CT molecular complexity index is 495. The van der Waals surface area contributed by atoms with Gasteiger partial charge in [0.05, 0.1) is 11.4 Å². The second-order valence-electron chi connectivity index (χ2n) is 3.71. The summed E-state index contributed by atoms with van der Waals surface area (Å²) in [4.78, 5) is 18.6. The highest BCUT2D eigenvalue weighted by Crippen LogP contribution is 2.08. The molecule has 0 bridgehead atoms. The summed E-state index contributed by atoms with van der Waals surface area (Å²) < 4.78 is 9.87. The molecule has 2 heterocycles. The monoisotopic (exact) mass is 236 g/mol. The van der Waals surface area contributed by atoms with Crippen LogP contribution >= 0.6 is 0 Å². The van der Waals surface area contributed by atoms with Crippen molar-refractivity contribution < 1.29 is 13.6 Å². The van der Waals surface area contributed by atoms with Gasteiger partial charge in [0, 0.05) is 20.8 Å². The van der Waals surface area contributed by atoms with Crippen molar-refractivity contribution in [3.63, 3.8) is 0 Å². The molecule has 0 saturated heterocycles. The van der Waals surface area contributed by atoms with E-state index in [1.807, 2.05) is 13.8 Å². The molecule has 0 unspecified atom stereocenters. The molecule has 0 radical (unpaired) electrons. The van der Waals surface area contributed by atoms with Crippen LogP contribution in [0.3, 0.4) is 0 Å². The van der Waals surface area contributed by atoms with Crippen molar-refractivity contribution in [1.82, 2.24) is 9.97 Å². The summed E-state index contributed by atoms with van der Waals surface area (Å²) in [6.07, 6.45) is 1.63. The van der Waals surface area contributed by atoms with Crippen LogP contribution < -0.4 is 0 Å². The minimum Gasteiger partial charge on any atom is -0.449 e. The van der Waals surface area contributed by atoms with E-state index in [-0.39, 0.29) is 5.78 Å². The molecule has 5 nitrogen and oxygen atoms in total. The molecule has 5 heteroatoms. The average molecular weight is 236 g/mol. The van der Waals surface area contributed by atoms with E-state index in [1.165, 1.54) is 6.92 Å². The largest absolute Gasteiger partial charge is 0.449 e. The molecule has 0 N–H and O–H groups in total. The van der Waals surface area contributed by atoms with E-state index < -0.39 is 0 Å². The van der Waals surface area contributed by atoms with E-state index in [0.717, 1.165) is 11.6 Å². The van der Waals surface area contributed by atoms with Gasteiger partial charge < -0.3 is 8.83 Å². The van der Waals surface area contributed by atoms with Crippen molar-refractivity contribution in [2.75, 3.05) is 0 Å². The van der Waals surface area contributed by atoms with Crippen molar-refractivity contribution >= 4 is 5.78 Å². The van der Waals surface area contributed by atoms with E-state index in [1.54, 1.807) is 20.1 Å². The first-order valence-corrected chi connectivity index (χ1v) is 5.24. The summed E-state index contributed by atoms with van der Waals surface area (Å²) >= 11 is 0. The van der Waals surface area contributed by atoms with E-state index >= 15 is 0 Å². The Balaban J connectivity index is 0.000000181. The van der Waals surface area contributed by atoms with Gasteiger partial charge in [0.1, 0.15) is 6.26 Å². The number of aryl methyl sites for hydroxylation is 4. The molecule has 0 fully saturated rings. The van der Waals surface area contributed by atoms with Crippen LogP contribution in [-0.2, 0) is 0 Å². The Morgan fingerprint density at radius 3 is 1.94 bits per heavy atom. The Kier molecular flexibility index (Phi) is 4.20. The van der Waals surface area contributed by atoms with E-state index in [2.05, 4.69) is 9.97 Å². The molecule has 0 aliphatic heterocycles. The minimum absolute atomic E-state index is 0.0712. The third kappa shape index (κ3) is 3.86. The molecule has 0 aliphatic rings. The second-order valence-corrected chi connectivity index (χ2v) is 3.71. The summed E-state index contributed by atoms with van der Waals surface area (Å²) in [5, 5.41) is 0. The van der Waals surface area contributed by atoms with Crippen LogP contribution in [0.2, 0.25) is 0 Å². The second kappa shape index (κ2) is 5.43. The van der Waals surface area contributed by atoms with E-state index in [4.69, 9.17) is 8.83 Å². The standard InChI is InChI=1S/C7H9NO2.C5H7NO/c1-4-7(5(2)9)10-6(3)8-4;1-4-3-7-5(2)6-4/h1-3H3;3H,1-2H3. The van der Waals surface area contributed by atoms with Crippen LogP contribution in [-0.4, -0.2) is 15.8 Å². The van der Waals surface area contributed by atoms with Gasteiger partial charge in [-0.05, 0) is 13.8 Å². The molecule has 2 rings (SSSR count). The predicted molar refractivity (Wildman–Crippen MR) is 62.0 cm³/mol. The number of hydrogen-bond acceptors (Lipinski definition) is 5. The molecule has 0 atom stereocenters. The summed E-state index contributed by atoms with van der Waals surface area (Å²) in [6.45, 7) is 8.67. The van der Waals surface area contributed by atoms with Crippen LogP contribution in [0, 0.1) is 27.7 Å². The fourth-order valence-corrected chi connectivity index (χ4v) is 1.33. The number of nitrogens with zero attached hydrogens (tertiary/aromatic N) is 2. The SMILES string of the molecule is CC(=O)c1oc(C)nc1C.Cc1coc(C)n1. The molecule has 0 spiro atoms. The smallest absolute Gasteiger partial charge is 0.196 e. The zero-order valence-electron chi connectivity index (χ0n) is 10.7. The number of Topliss-reactive ketones (excluding diaryl/α,β-unsaturated/α-hetero) is 1. The Labute approximate surface area is 99.9 Å². The zero-order chi connectivity index (χ0) is 13.0. The molecular weight excluding hydrogens is 220 g/mol. The van der Waals surface area contributed by atoms with Crippen LogP contribution in [0.1, 0.15) is 40.6 Å². The summed E-state index contributed by atoms with van der Waals surface area (Å²) in [5.41, 5.74) is 1.61. The number of aromatic nitrogens is 2. The van der Waals surface area contributed by atoms with Gasteiger partial charge in [-0.3, -0.25) is 4.79 Å². The normalized spacial score (nSPS) is 9.71. The maximum Gasteiger partial charge on any atom is 0.196 e. The third-order valence-corrected chi connectivity index (χ3v) is 1.96. The van der Waals surface area contributed by atoms with Crippen molar-refractivity contribution in [3.05, 3.63) is 35.2 Å². The van der Waals surface area contributed by atoms with Crippen LogP contribution in [0.25, 0.3) is 0 Å². The summed E-state index contributed by atoms with van der Waals surface area (Å²) in [7, 11) is 0. The average Bonchev–Trinajstić information content (AvgIpc) is 2.73. The van der Waals surface area contributed by atoms with Gasteiger partial charge in [-0.2, -0.15) is 0 Å². The van der Waals surface area contributed by atoms with E-state index in [9.17, 15) is 4.79 Å². The lowest BCUT2D eigenvalue weighted by molar-refractivity contribution is 0.0985. The number of carbonyl (C=O) groups excluding carboxylic acids is 1. The van der Waals surface area contributed by atoms with Gasteiger partial charge in [-0.25, -0.2) is 9.97 Å². The van der Waals surface area contributed by atoms with Gasteiger partial charge in [0.25, 0.3) is 0 Å². The van der Waals surface area contributed by atoms with Gasteiger partial charge in [0.2, 0.25) is 0 Å². The van der Waals surface area contributed by atoms with Crippen LogP contribution in [0.4, 0.5) is 0 Å². The molecule has 2 aromatic rings. The molecule has 0 aliphatic carbocycles. The number of carbonyl (C=O) groups is 1. The molecule has 2 aromatic heterocycles. The van der Waals surface area contributed by atoms with Crippen molar-refractivity contribution in [2.24, 2.45) is 0 Å². The van der Waals surface area contributed by atoms with Gasteiger partial charge in [-0.1, -0.05) is 0 Å². The van der Waals surface area contributed by atoms with Crippen molar-refractivity contribution in [1.29, 1.82) is 0 Å². The first-order chi connectivity index (χ1) is 7.90. The fourth-order valence-electron chi connectivity index (χ4n) is 1.33. The fraction of sp³-hybridized carbons (Fsp3) is 0.417. The van der Waals surface area contributed by atoms with Crippen molar-refractivity contribution in [2.45, 2.75) is 34.6 Å². The highest BCUT2D eigenvalue weighted by Gasteiger charge is 2.09. The lowest BCUT2D eigenvalue weighted by Gasteiger charge is -1.85. The number of oxazole rings is 2. The maximum atomic E-state index is 10.7. The Hall–Kier alpha value is -1.91. The lowest BCUT2D eigenvalue weighted by atomic mass is 10.3. The van der Waals surface area contributed by atoms with Crippen molar-refractivity contribution in [3.8, 4) is 0 Å². The van der Waals surface area contributed by atoms with Crippen LogP contribution in [0.15, 0.2) is 15.1 Å². The molecule has 17 heavy (non-hydrogen) atoms. The zero-order valence-corrected chi connectivity index (χ0v) is 10.7. The molecule has 0 aromatic carbocycles. The van der Waals surface area contributed by atoms with E-state index in [0.29, 0.717) is 17.3 Å². The number of ketones is 1. The first-order valence-electron chi connectivity index (χ1n) is 5.24. The first kappa shape index (κ1) is 13.2. The van der Waals surface area contributed by atoms with Gasteiger partial charge in [-0.15, -0.1) is 0 Å². The molecule has 0 amide bonds. The topological polar surface area (TPSA) is 69.1 Å². The number of rotatable bonds is 1. The minimum atomic E-state index is -0.0712. The summed E-state index contributed by atoms with van der Waals surface area (Å²) in [5.74, 6) is 1.58. The Morgan fingerprint density at radius 1 is 1.12 bits per heavy atom. The van der Waals surface area contributed by atoms with Gasteiger partial charge >= 0.3 is 0 Å². The lowest BCUT2D eigenvalue weighted by Crippen LogP contribution is -1.90. The molecular formula is C12H16N2O3. The quantitative estimate of drug-likeness (QED) is 0.712. The predicted octanol–water partition coefficient (Wildman–Crippen LogP) is 2.79. The number of hydrogen-bond donors (Lipinski definition) is 0. The van der Waals surface area contributed by atoms with Crippen LogP contribution in [0.5, 0.6) is 0 Å². The third-order valence-electron chi connectivity index (χ3n) is 1.96. The van der Waals surface area contributed by atoms with Gasteiger partial charge in [0.15, 0.2) is 23.3 Å². The molecule has 92 valence electrons. The summed E-state index contributed by atoms with van der Waals surface area (Å²) in [6, 6.07) is 0. The highest BCUT2D eigenvalue weighted by atomic mass is 16.4.